The molecule has 0 radical (unpaired) electrons. The molecule has 2 aliphatic rings. The fourth-order valence-electron chi connectivity index (χ4n) is 3.94. The van der Waals surface area contributed by atoms with Gasteiger partial charge in [0.2, 0.25) is 5.91 Å². The van der Waals surface area contributed by atoms with Gasteiger partial charge in [-0.25, -0.2) is 9.78 Å². The molecule has 2 aromatic rings. The maximum atomic E-state index is 12.3. The Morgan fingerprint density at radius 2 is 2.08 bits per heavy atom. The fraction of sp³-hybridized carbons (Fsp3) is 0.400. The molecular weight excluding hydrogens is 462 g/mol. The molecule has 3 N–H and O–H groups in total. The van der Waals surface area contributed by atoms with Crippen molar-refractivity contribution in [3.8, 4) is 11.5 Å². The maximum Gasteiger partial charge on any atom is 0.329 e. The van der Waals surface area contributed by atoms with E-state index in [9.17, 15) is 9.59 Å². The SMILES string of the molecule is Cc1nc(NC(=O)N2CCCC2=O)ccc1Oc1ccnc(/C(C=N)=C/NCCN2CCOCC2)c1. The minimum atomic E-state index is -0.471. The smallest absolute Gasteiger partial charge is 0.329 e. The molecule has 11 heteroatoms. The minimum absolute atomic E-state index is 0.177. The summed E-state index contributed by atoms with van der Waals surface area (Å²) in [5.74, 6) is 1.23. The zero-order valence-corrected chi connectivity index (χ0v) is 20.3. The van der Waals surface area contributed by atoms with Gasteiger partial charge in [-0.1, -0.05) is 0 Å². The molecule has 0 unspecified atom stereocenters. The maximum absolute atomic E-state index is 12.3. The lowest BCUT2D eigenvalue weighted by molar-refractivity contribution is -0.125. The molecule has 0 aromatic carbocycles. The standard InChI is InChI=1S/C25H31N7O4/c1-18-22(4-5-23(29-18)30-25(34)32-9-2-3-24(32)33)36-20-6-7-28-21(15-20)19(16-26)17-27-8-10-31-11-13-35-14-12-31/h4-7,15-17,26-27H,2-3,8-14H2,1H3,(H,29,30,34)/b19-17+,26-16?. The number of aryl methyl sites for hydroxylation is 1. The van der Waals surface area contributed by atoms with Crippen LogP contribution in [0.5, 0.6) is 11.5 Å². The third-order valence-electron chi connectivity index (χ3n) is 5.94. The number of hydrogen-bond donors (Lipinski definition) is 3. The van der Waals surface area contributed by atoms with Crippen molar-refractivity contribution in [2.75, 3.05) is 51.3 Å². The Morgan fingerprint density at radius 1 is 1.25 bits per heavy atom. The number of allylic oxidation sites excluding steroid dienone is 1. The topological polar surface area (TPSA) is 133 Å². The van der Waals surface area contributed by atoms with Gasteiger partial charge in [0.25, 0.3) is 0 Å². The molecule has 0 atom stereocenters. The Balaban J connectivity index is 1.35. The van der Waals surface area contributed by atoms with Crippen LogP contribution in [0.2, 0.25) is 0 Å². The summed E-state index contributed by atoms with van der Waals surface area (Å²) in [6.45, 7) is 7.26. The number of carbonyl (C=O) groups excluding carboxylic acids is 2. The van der Waals surface area contributed by atoms with Crippen molar-refractivity contribution in [1.82, 2.24) is 25.1 Å². The largest absolute Gasteiger partial charge is 0.455 e. The van der Waals surface area contributed by atoms with Crippen LogP contribution in [0.25, 0.3) is 5.57 Å². The number of hydrogen-bond acceptors (Lipinski definition) is 9. The van der Waals surface area contributed by atoms with Crippen molar-refractivity contribution in [3.05, 3.63) is 48.1 Å². The predicted molar refractivity (Wildman–Crippen MR) is 135 cm³/mol. The van der Waals surface area contributed by atoms with Crippen LogP contribution in [0.3, 0.4) is 0 Å². The molecular formula is C25H31N7O4. The van der Waals surface area contributed by atoms with E-state index in [-0.39, 0.29) is 5.91 Å². The second-order valence-electron chi connectivity index (χ2n) is 8.49. The van der Waals surface area contributed by atoms with E-state index in [0.717, 1.165) is 39.4 Å². The average molecular weight is 494 g/mol. The monoisotopic (exact) mass is 493 g/mol. The van der Waals surface area contributed by atoms with E-state index < -0.39 is 6.03 Å². The normalized spacial score (nSPS) is 16.6. The summed E-state index contributed by atoms with van der Waals surface area (Å²) < 4.78 is 11.4. The molecule has 0 aliphatic carbocycles. The number of nitrogens with one attached hydrogen (secondary N) is 3. The van der Waals surface area contributed by atoms with E-state index in [1.165, 1.54) is 11.1 Å². The Hall–Kier alpha value is -3.83. The van der Waals surface area contributed by atoms with E-state index in [2.05, 4.69) is 25.5 Å². The number of morpholine rings is 1. The lowest BCUT2D eigenvalue weighted by Gasteiger charge is -2.26. The molecule has 0 spiro atoms. The summed E-state index contributed by atoms with van der Waals surface area (Å²) in [7, 11) is 0. The number of imide groups is 1. The van der Waals surface area contributed by atoms with Crippen molar-refractivity contribution < 1.29 is 19.1 Å². The van der Waals surface area contributed by atoms with Crippen molar-refractivity contribution >= 4 is 29.5 Å². The first kappa shape index (κ1) is 25.3. The number of anilines is 1. The van der Waals surface area contributed by atoms with Crippen LogP contribution in [-0.2, 0) is 9.53 Å². The number of aromatic nitrogens is 2. The molecule has 0 saturated carbocycles. The summed E-state index contributed by atoms with van der Waals surface area (Å²) in [4.78, 5) is 36.3. The quantitative estimate of drug-likeness (QED) is 0.359. The summed E-state index contributed by atoms with van der Waals surface area (Å²) in [6, 6.07) is 6.36. The molecule has 36 heavy (non-hydrogen) atoms. The van der Waals surface area contributed by atoms with Crippen LogP contribution in [0.4, 0.5) is 10.6 Å². The van der Waals surface area contributed by atoms with Gasteiger partial charge in [0.05, 0.1) is 24.6 Å². The molecule has 11 nitrogen and oxygen atoms in total. The second-order valence-corrected chi connectivity index (χ2v) is 8.49. The van der Waals surface area contributed by atoms with Crippen LogP contribution >= 0.6 is 0 Å². The third kappa shape index (κ3) is 6.64. The van der Waals surface area contributed by atoms with E-state index >= 15 is 0 Å². The van der Waals surface area contributed by atoms with Crippen LogP contribution in [0.1, 0.15) is 24.2 Å². The molecule has 4 rings (SSSR count). The molecule has 2 fully saturated rings. The van der Waals surface area contributed by atoms with E-state index in [0.29, 0.717) is 53.7 Å². The Bertz CT molecular complexity index is 1130. The number of carbonyl (C=O) groups is 2. The zero-order valence-electron chi connectivity index (χ0n) is 20.3. The van der Waals surface area contributed by atoms with Crippen LogP contribution in [-0.4, -0.2) is 83.9 Å². The van der Waals surface area contributed by atoms with Crippen molar-refractivity contribution in [3.63, 3.8) is 0 Å². The lowest BCUT2D eigenvalue weighted by Crippen LogP contribution is -2.39. The third-order valence-corrected chi connectivity index (χ3v) is 5.94. The molecule has 2 saturated heterocycles. The lowest BCUT2D eigenvalue weighted by atomic mass is 10.2. The number of rotatable bonds is 9. The minimum Gasteiger partial charge on any atom is -0.455 e. The summed E-state index contributed by atoms with van der Waals surface area (Å²) >= 11 is 0. The van der Waals surface area contributed by atoms with Crippen molar-refractivity contribution in [2.24, 2.45) is 0 Å². The van der Waals surface area contributed by atoms with Gasteiger partial charge in [-0.2, -0.15) is 0 Å². The van der Waals surface area contributed by atoms with Crippen LogP contribution in [0, 0.1) is 12.3 Å². The fourth-order valence-corrected chi connectivity index (χ4v) is 3.94. The summed E-state index contributed by atoms with van der Waals surface area (Å²) in [5, 5.41) is 13.7. The number of amides is 3. The van der Waals surface area contributed by atoms with Gasteiger partial charge >= 0.3 is 6.03 Å². The molecule has 3 amide bonds. The van der Waals surface area contributed by atoms with Gasteiger partial charge in [-0.3, -0.25) is 24.9 Å². The van der Waals surface area contributed by atoms with Gasteiger partial charge in [0.1, 0.15) is 17.3 Å². The van der Waals surface area contributed by atoms with E-state index in [4.69, 9.17) is 14.9 Å². The summed E-state index contributed by atoms with van der Waals surface area (Å²) in [5.41, 5.74) is 1.81. The second kappa shape index (κ2) is 12.2. The van der Waals surface area contributed by atoms with Crippen molar-refractivity contribution in [2.45, 2.75) is 19.8 Å². The number of nitrogens with zero attached hydrogens (tertiary/aromatic N) is 4. The number of urea groups is 1. The Kier molecular flexibility index (Phi) is 8.58. The van der Waals surface area contributed by atoms with Crippen molar-refractivity contribution in [1.29, 1.82) is 5.41 Å². The first-order valence-corrected chi connectivity index (χ1v) is 12.0. The van der Waals surface area contributed by atoms with Crippen LogP contribution < -0.4 is 15.4 Å². The zero-order chi connectivity index (χ0) is 25.3. The number of likely N-dealkylation sites (tertiary alicyclic amines) is 1. The van der Waals surface area contributed by atoms with Gasteiger partial charge in [0.15, 0.2) is 0 Å². The highest BCUT2D eigenvalue weighted by Gasteiger charge is 2.26. The predicted octanol–water partition coefficient (Wildman–Crippen LogP) is 2.64. The molecule has 4 heterocycles. The molecule has 2 aliphatic heterocycles. The van der Waals surface area contributed by atoms with Gasteiger partial charge in [0, 0.05) is 69.4 Å². The number of ether oxygens (including phenoxy) is 2. The van der Waals surface area contributed by atoms with E-state index in [1.807, 2.05) is 0 Å². The van der Waals surface area contributed by atoms with Gasteiger partial charge < -0.3 is 20.2 Å². The van der Waals surface area contributed by atoms with Crippen LogP contribution in [0.15, 0.2) is 36.7 Å². The summed E-state index contributed by atoms with van der Waals surface area (Å²) in [6.07, 6.45) is 5.73. The average Bonchev–Trinajstić information content (AvgIpc) is 3.32. The highest BCUT2D eigenvalue weighted by Crippen LogP contribution is 2.26. The Labute approximate surface area is 210 Å². The van der Waals surface area contributed by atoms with Gasteiger partial charge in [-0.05, 0) is 31.5 Å². The molecule has 190 valence electrons. The highest BCUT2D eigenvalue weighted by atomic mass is 16.5. The first-order chi connectivity index (χ1) is 17.5. The number of pyridine rings is 2. The highest BCUT2D eigenvalue weighted by molar-refractivity contribution is 6.07. The van der Waals surface area contributed by atoms with Gasteiger partial charge in [-0.15, -0.1) is 0 Å². The molecule has 0 bridgehead atoms. The van der Waals surface area contributed by atoms with E-state index in [1.54, 1.807) is 43.6 Å². The Morgan fingerprint density at radius 3 is 2.81 bits per heavy atom. The molecule has 2 aromatic heterocycles. The first-order valence-electron chi connectivity index (χ1n) is 12.0.